The first-order valence-electron chi connectivity index (χ1n) is 7.97. The van der Waals surface area contributed by atoms with Crippen LogP contribution in [0.2, 0.25) is 0 Å². The first kappa shape index (κ1) is 17.0. The summed E-state index contributed by atoms with van der Waals surface area (Å²) in [5, 5.41) is 2.84. The van der Waals surface area contributed by atoms with Crippen molar-refractivity contribution in [1.29, 1.82) is 0 Å². The summed E-state index contributed by atoms with van der Waals surface area (Å²) in [6, 6.07) is 9.95. The fourth-order valence-electron chi connectivity index (χ4n) is 2.53. The zero-order valence-electron chi connectivity index (χ0n) is 13.2. The summed E-state index contributed by atoms with van der Waals surface area (Å²) in [5.74, 6) is -0.116. The van der Waals surface area contributed by atoms with E-state index in [-0.39, 0.29) is 24.7 Å². The molecule has 0 bridgehead atoms. The predicted octanol–water partition coefficient (Wildman–Crippen LogP) is 0.426. The molecule has 6 nitrogen and oxygen atoms in total. The van der Waals surface area contributed by atoms with E-state index in [1.165, 1.54) is 5.56 Å². The van der Waals surface area contributed by atoms with Crippen LogP contribution in [0.15, 0.2) is 30.3 Å². The Labute approximate surface area is 136 Å². The van der Waals surface area contributed by atoms with Crippen LogP contribution in [0, 0.1) is 0 Å². The minimum Gasteiger partial charge on any atom is -0.356 e. The lowest BCUT2D eigenvalue weighted by molar-refractivity contribution is -0.136. The van der Waals surface area contributed by atoms with Gasteiger partial charge in [0.05, 0.1) is 0 Å². The van der Waals surface area contributed by atoms with Gasteiger partial charge >= 0.3 is 0 Å². The Bertz CT molecular complexity index is 525. The molecule has 1 aromatic rings. The molecule has 0 unspecified atom stereocenters. The van der Waals surface area contributed by atoms with Crippen molar-refractivity contribution < 1.29 is 14.4 Å². The number of rotatable bonds is 7. The van der Waals surface area contributed by atoms with Gasteiger partial charge < -0.3 is 15.1 Å². The molecule has 1 aromatic carbocycles. The fraction of sp³-hybridized carbons (Fsp3) is 0.471. The van der Waals surface area contributed by atoms with E-state index in [4.69, 9.17) is 0 Å². The molecule has 1 N–H and O–H groups in total. The lowest BCUT2D eigenvalue weighted by Crippen LogP contribution is -2.48. The molecule has 0 aliphatic carbocycles. The molecule has 1 heterocycles. The number of benzene rings is 1. The van der Waals surface area contributed by atoms with E-state index in [9.17, 15) is 14.4 Å². The Balaban J connectivity index is 1.60. The van der Waals surface area contributed by atoms with Crippen molar-refractivity contribution in [3.8, 4) is 0 Å². The van der Waals surface area contributed by atoms with E-state index >= 15 is 0 Å². The van der Waals surface area contributed by atoms with Crippen molar-refractivity contribution in [1.82, 2.24) is 15.1 Å². The number of amides is 3. The molecule has 1 saturated heterocycles. The molecule has 1 aliphatic heterocycles. The molecule has 1 aliphatic rings. The Morgan fingerprint density at radius 1 is 1.04 bits per heavy atom. The van der Waals surface area contributed by atoms with Crippen LogP contribution in [-0.2, 0) is 20.8 Å². The quantitative estimate of drug-likeness (QED) is 0.741. The summed E-state index contributed by atoms with van der Waals surface area (Å²) in [5.41, 5.74) is 1.18. The molecule has 0 spiro atoms. The van der Waals surface area contributed by atoms with Gasteiger partial charge in [-0.25, -0.2) is 0 Å². The van der Waals surface area contributed by atoms with Gasteiger partial charge in [0.15, 0.2) is 0 Å². The van der Waals surface area contributed by atoms with Crippen LogP contribution in [-0.4, -0.2) is 60.7 Å². The SMILES string of the molecule is O=CN1CCN(C(=O)CCC(=O)NCCc2ccccc2)CC1. The fourth-order valence-corrected chi connectivity index (χ4v) is 2.53. The van der Waals surface area contributed by atoms with Gasteiger partial charge in [0.25, 0.3) is 0 Å². The predicted molar refractivity (Wildman–Crippen MR) is 86.6 cm³/mol. The van der Waals surface area contributed by atoms with Crippen LogP contribution in [0.25, 0.3) is 0 Å². The van der Waals surface area contributed by atoms with Crippen molar-refractivity contribution >= 4 is 18.2 Å². The van der Waals surface area contributed by atoms with Crippen LogP contribution in [0.1, 0.15) is 18.4 Å². The van der Waals surface area contributed by atoms with Gasteiger partial charge in [-0.3, -0.25) is 14.4 Å². The van der Waals surface area contributed by atoms with Crippen molar-refractivity contribution in [2.75, 3.05) is 32.7 Å². The Kier molecular flexibility index (Phi) is 6.59. The molecule has 124 valence electrons. The number of hydrogen-bond acceptors (Lipinski definition) is 3. The number of nitrogens with zero attached hydrogens (tertiary/aromatic N) is 2. The van der Waals surface area contributed by atoms with Gasteiger partial charge in [0.1, 0.15) is 0 Å². The molecule has 2 rings (SSSR count). The minimum absolute atomic E-state index is 0.0197. The first-order valence-corrected chi connectivity index (χ1v) is 7.97. The lowest BCUT2D eigenvalue weighted by Gasteiger charge is -2.32. The van der Waals surface area contributed by atoms with Crippen molar-refractivity contribution in [2.24, 2.45) is 0 Å². The number of nitrogens with one attached hydrogen (secondary N) is 1. The Morgan fingerprint density at radius 2 is 1.74 bits per heavy atom. The molecule has 3 amide bonds. The molecule has 23 heavy (non-hydrogen) atoms. The van der Waals surface area contributed by atoms with Crippen LogP contribution in [0.3, 0.4) is 0 Å². The number of carbonyl (C=O) groups excluding carboxylic acids is 3. The second kappa shape index (κ2) is 8.92. The third-order valence-electron chi connectivity index (χ3n) is 3.96. The summed E-state index contributed by atoms with van der Waals surface area (Å²) in [6.07, 6.45) is 2.02. The summed E-state index contributed by atoms with van der Waals surface area (Å²) < 4.78 is 0. The van der Waals surface area contributed by atoms with E-state index in [2.05, 4.69) is 5.32 Å². The topological polar surface area (TPSA) is 69.7 Å². The largest absolute Gasteiger partial charge is 0.356 e. The molecule has 0 saturated carbocycles. The molecule has 0 atom stereocenters. The van der Waals surface area contributed by atoms with Gasteiger partial charge in [0, 0.05) is 45.6 Å². The normalized spacial score (nSPS) is 14.4. The average molecular weight is 317 g/mol. The van der Waals surface area contributed by atoms with Crippen molar-refractivity contribution in [2.45, 2.75) is 19.3 Å². The van der Waals surface area contributed by atoms with E-state index in [0.717, 1.165) is 12.8 Å². The highest BCUT2D eigenvalue weighted by Crippen LogP contribution is 2.04. The molecule has 6 heteroatoms. The van der Waals surface area contributed by atoms with Gasteiger partial charge in [-0.05, 0) is 12.0 Å². The standard InChI is InChI=1S/C17H23N3O3/c21-14-19-10-12-20(13-11-19)17(23)7-6-16(22)18-9-8-15-4-2-1-3-5-15/h1-5,14H,6-13H2,(H,18,22). The number of hydrogen-bond donors (Lipinski definition) is 1. The molecule has 1 fully saturated rings. The lowest BCUT2D eigenvalue weighted by atomic mass is 10.1. The van der Waals surface area contributed by atoms with E-state index < -0.39 is 0 Å². The van der Waals surface area contributed by atoms with Gasteiger partial charge in [-0.2, -0.15) is 0 Å². The first-order chi connectivity index (χ1) is 11.2. The summed E-state index contributed by atoms with van der Waals surface area (Å²) in [4.78, 5) is 37.8. The van der Waals surface area contributed by atoms with Gasteiger partial charge in [0.2, 0.25) is 18.2 Å². The van der Waals surface area contributed by atoms with E-state index in [0.29, 0.717) is 32.7 Å². The second-order valence-electron chi connectivity index (χ2n) is 5.61. The third-order valence-corrected chi connectivity index (χ3v) is 3.96. The third kappa shape index (κ3) is 5.73. The highest BCUT2D eigenvalue weighted by atomic mass is 16.2. The van der Waals surface area contributed by atoms with E-state index in [1.54, 1.807) is 9.80 Å². The van der Waals surface area contributed by atoms with Crippen LogP contribution < -0.4 is 5.32 Å². The summed E-state index contributed by atoms with van der Waals surface area (Å²) in [6.45, 7) is 2.81. The van der Waals surface area contributed by atoms with Crippen LogP contribution in [0.5, 0.6) is 0 Å². The van der Waals surface area contributed by atoms with Crippen molar-refractivity contribution in [3.05, 3.63) is 35.9 Å². The monoisotopic (exact) mass is 317 g/mol. The molecular weight excluding hydrogens is 294 g/mol. The highest BCUT2D eigenvalue weighted by Gasteiger charge is 2.20. The second-order valence-corrected chi connectivity index (χ2v) is 5.61. The summed E-state index contributed by atoms with van der Waals surface area (Å²) >= 11 is 0. The van der Waals surface area contributed by atoms with Crippen molar-refractivity contribution in [3.63, 3.8) is 0 Å². The maximum atomic E-state index is 12.0. The average Bonchev–Trinajstić information content (AvgIpc) is 2.60. The molecule has 0 radical (unpaired) electrons. The van der Waals surface area contributed by atoms with Crippen LogP contribution in [0.4, 0.5) is 0 Å². The number of carbonyl (C=O) groups is 3. The number of piperazine rings is 1. The van der Waals surface area contributed by atoms with E-state index in [1.807, 2.05) is 30.3 Å². The maximum Gasteiger partial charge on any atom is 0.223 e. The van der Waals surface area contributed by atoms with Gasteiger partial charge in [-0.1, -0.05) is 30.3 Å². The Hall–Kier alpha value is -2.37. The van der Waals surface area contributed by atoms with Crippen LogP contribution >= 0.6 is 0 Å². The zero-order valence-corrected chi connectivity index (χ0v) is 13.2. The molecular formula is C17H23N3O3. The minimum atomic E-state index is -0.0965. The summed E-state index contributed by atoms with van der Waals surface area (Å²) in [7, 11) is 0. The smallest absolute Gasteiger partial charge is 0.223 e. The maximum absolute atomic E-state index is 12.0. The Morgan fingerprint density at radius 3 is 2.39 bits per heavy atom. The van der Waals surface area contributed by atoms with Gasteiger partial charge in [-0.15, -0.1) is 0 Å². The zero-order chi connectivity index (χ0) is 16.5. The molecule has 0 aromatic heterocycles. The highest BCUT2D eigenvalue weighted by molar-refractivity contribution is 5.83.